The Morgan fingerprint density at radius 2 is 2.19 bits per heavy atom. The summed E-state index contributed by atoms with van der Waals surface area (Å²) in [5.74, 6) is 0.808. The number of nitriles is 1. The summed E-state index contributed by atoms with van der Waals surface area (Å²) in [4.78, 5) is 14.0. The van der Waals surface area contributed by atoms with Gasteiger partial charge in [0.15, 0.2) is 0 Å². The van der Waals surface area contributed by atoms with Crippen LogP contribution < -0.4 is 10.1 Å². The molecule has 142 valence electrons. The van der Waals surface area contributed by atoms with Crippen molar-refractivity contribution in [3.8, 4) is 23.1 Å². The Balaban J connectivity index is 1.51. The van der Waals surface area contributed by atoms with E-state index in [0.717, 1.165) is 29.8 Å². The minimum atomic E-state index is -0.271. The highest BCUT2D eigenvalue weighted by molar-refractivity contribution is 5.79. The number of methoxy groups -OCH3 is 1. The summed E-state index contributed by atoms with van der Waals surface area (Å²) in [6.45, 7) is 3.60. The summed E-state index contributed by atoms with van der Waals surface area (Å²) in [5, 5.41) is 16.9. The third-order valence-corrected chi connectivity index (χ3v) is 4.81. The second kappa shape index (κ2) is 8.69. The van der Waals surface area contributed by atoms with Crippen LogP contribution in [0.2, 0.25) is 0 Å². The molecule has 0 spiro atoms. The van der Waals surface area contributed by atoms with Crippen molar-refractivity contribution in [2.45, 2.75) is 38.4 Å². The zero-order valence-corrected chi connectivity index (χ0v) is 15.8. The molecule has 3 rings (SSSR count). The maximum Gasteiger partial charge on any atom is 0.237 e. The van der Waals surface area contributed by atoms with Gasteiger partial charge in [-0.2, -0.15) is 10.4 Å². The van der Waals surface area contributed by atoms with Crippen molar-refractivity contribution in [1.82, 2.24) is 20.0 Å². The fourth-order valence-electron chi connectivity index (χ4n) is 3.29. The molecule has 0 radical (unpaired) electrons. The number of amides is 1. The molecule has 2 aromatic rings. The second-order valence-electron chi connectivity index (χ2n) is 6.81. The summed E-state index contributed by atoms with van der Waals surface area (Å²) in [5.41, 5.74) is 1.93. The molecule has 0 bridgehead atoms. The Labute approximate surface area is 159 Å². The van der Waals surface area contributed by atoms with Gasteiger partial charge in [-0.1, -0.05) is 0 Å². The Morgan fingerprint density at radius 3 is 2.89 bits per heavy atom. The van der Waals surface area contributed by atoms with Crippen LogP contribution in [0.3, 0.4) is 0 Å². The summed E-state index contributed by atoms with van der Waals surface area (Å²) in [6.07, 6.45) is 3.62. The number of carbonyl (C=O) groups is 1. The first-order valence-corrected chi connectivity index (χ1v) is 9.21. The largest absolute Gasteiger partial charge is 0.497 e. The highest BCUT2D eigenvalue weighted by Crippen LogP contribution is 2.20. The van der Waals surface area contributed by atoms with Crippen molar-refractivity contribution < 1.29 is 9.53 Å². The summed E-state index contributed by atoms with van der Waals surface area (Å²) in [7, 11) is 1.65. The van der Waals surface area contributed by atoms with Crippen LogP contribution in [-0.2, 0) is 11.3 Å². The Bertz CT molecular complexity index is 809. The molecule has 1 fully saturated rings. The van der Waals surface area contributed by atoms with Crippen LogP contribution in [0.5, 0.6) is 5.75 Å². The molecular formula is C20H25N5O2. The van der Waals surface area contributed by atoms with Gasteiger partial charge < -0.3 is 15.0 Å². The van der Waals surface area contributed by atoms with Crippen LogP contribution >= 0.6 is 0 Å². The van der Waals surface area contributed by atoms with Crippen LogP contribution in [0, 0.1) is 11.3 Å². The summed E-state index contributed by atoms with van der Waals surface area (Å²) in [6, 6.07) is 11.8. The minimum Gasteiger partial charge on any atom is -0.497 e. The third-order valence-electron chi connectivity index (χ3n) is 4.81. The number of carbonyl (C=O) groups excluding carboxylic acids is 1. The van der Waals surface area contributed by atoms with Gasteiger partial charge in [-0.15, -0.1) is 0 Å². The van der Waals surface area contributed by atoms with Gasteiger partial charge in [0, 0.05) is 24.3 Å². The zero-order chi connectivity index (χ0) is 19.2. The average molecular weight is 367 g/mol. The Kier molecular flexibility index (Phi) is 6.09. The number of rotatable bonds is 7. The minimum absolute atomic E-state index is 0.00899. The van der Waals surface area contributed by atoms with Crippen LogP contribution in [-0.4, -0.2) is 52.9 Å². The molecule has 1 aliphatic heterocycles. The van der Waals surface area contributed by atoms with Crippen molar-refractivity contribution in [2.24, 2.45) is 0 Å². The number of likely N-dealkylation sites (tertiary alicyclic amines) is 1. The van der Waals surface area contributed by atoms with Gasteiger partial charge in [0.05, 0.1) is 32.0 Å². The molecule has 0 unspecified atom stereocenters. The molecule has 1 aliphatic rings. The fourth-order valence-corrected chi connectivity index (χ4v) is 3.29. The molecule has 7 heteroatoms. The number of aromatic nitrogens is 2. The van der Waals surface area contributed by atoms with Gasteiger partial charge in [-0.05, 0) is 50.1 Å². The normalized spacial score (nSPS) is 17.5. The SMILES string of the molecule is COc1ccc(-c2ccn(C[C@H](C)NCC(=O)N3CCC[C@H]3C#N)n2)cc1. The van der Waals surface area contributed by atoms with Crippen LogP contribution in [0.4, 0.5) is 0 Å². The number of benzene rings is 1. The molecule has 0 saturated carbocycles. The highest BCUT2D eigenvalue weighted by Gasteiger charge is 2.28. The van der Waals surface area contributed by atoms with E-state index in [1.165, 1.54) is 0 Å². The topological polar surface area (TPSA) is 83.2 Å². The van der Waals surface area contributed by atoms with E-state index in [0.29, 0.717) is 13.1 Å². The molecule has 2 heterocycles. The lowest BCUT2D eigenvalue weighted by Crippen LogP contribution is -2.43. The molecule has 7 nitrogen and oxygen atoms in total. The average Bonchev–Trinajstić information content (AvgIpc) is 3.35. The molecule has 1 aromatic heterocycles. The quantitative estimate of drug-likeness (QED) is 0.810. The number of ether oxygens (including phenoxy) is 1. The number of nitrogens with one attached hydrogen (secondary N) is 1. The van der Waals surface area contributed by atoms with Crippen molar-refractivity contribution in [1.29, 1.82) is 5.26 Å². The monoisotopic (exact) mass is 367 g/mol. The molecule has 1 N–H and O–H groups in total. The second-order valence-corrected chi connectivity index (χ2v) is 6.81. The van der Waals surface area contributed by atoms with Crippen LogP contribution in [0.1, 0.15) is 19.8 Å². The fraction of sp³-hybridized carbons (Fsp3) is 0.450. The van der Waals surface area contributed by atoms with Crippen LogP contribution in [0.15, 0.2) is 36.5 Å². The molecule has 1 aromatic carbocycles. The third kappa shape index (κ3) is 4.66. The smallest absolute Gasteiger partial charge is 0.237 e. The van der Waals surface area contributed by atoms with Gasteiger partial charge in [0.2, 0.25) is 5.91 Å². The number of hydrogen-bond donors (Lipinski definition) is 1. The van der Waals surface area contributed by atoms with Crippen LogP contribution in [0.25, 0.3) is 11.3 Å². The van der Waals surface area contributed by atoms with E-state index in [1.807, 2.05) is 48.1 Å². The lowest BCUT2D eigenvalue weighted by atomic mass is 10.1. The zero-order valence-electron chi connectivity index (χ0n) is 15.8. The summed E-state index contributed by atoms with van der Waals surface area (Å²) >= 11 is 0. The first-order chi connectivity index (χ1) is 13.1. The van der Waals surface area contributed by atoms with Crippen molar-refractivity contribution >= 4 is 5.91 Å². The lowest BCUT2D eigenvalue weighted by Gasteiger charge is -2.21. The van der Waals surface area contributed by atoms with Crippen molar-refractivity contribution in [3.05, 3.63) is 36.5 Å². The van der Waals surface area contributed by atoms with E-state index >= 15 is 0 Å². The Hall–Kier alpha value is -2.85. The van der Waals surface area contributed by atoms with Gasteiger partial charge in [0.25, 0.3) is 0 Å². The summed E-state index contributed by atoms with van der Waals surface area (Å²) < 4.78 is 7.05. The maximum atomic E-state index is 12.3. The van der Waals surface area contributed by atoms with Gasteiger partial charge in [0.1, 0.15) is 11.8 Å². The van der Waals surface area contributed by atoms with E-state index in [9.17, 15) is 4.79 Å². The van der Waals surface area contributed by atoms with Gasteiger partial charge >= 0.3 is 0 Å². The van der Waals surface area contributed by atoms with E-state index in [1.54, 1.807) is 12.0 Å². The predicted molar refractivity (Wildman–Crippen MR) is 102 cm³/mol. The first-order valence-electron chi connectivity index (χ1n) is 9.21. The van der Waals surface area contributed by atoms with E-state index in [4.69, 9.17) is 10.00 Å². The van der Waals surface area contributed by atoms with E-state index in [2.05, 4.69) is 16.5 Å². The molecule has 1 amide bonds. The van der Waals surface area contributed by atoms with Crippen molar-refractivity contribution in [3.63, 3.8) is 0 Å². The number of nitrogens with zero attached hydrogens (tertiary/aromatic N) is 4. The molecule has 0 aliphatic carbocycles. The van der Waals surface area contributed by atoms with E-state index in [-0.39, 0.29) is 24.5 Å². The molecule has 1 saturated heterocycles. The van der Waals surface area contributed by atoms with E-state index < -0.39 is 0 Å². The lowest BCUT2D eigenvalue weighted by molar-refractivity contribution is -0.130. The molecule has 27 heavy (non-hydrogen) atoms. The molecule has 2 atom stereocenters. The highest BCUT2D eigenvalue weighted by atomic mass is 16.5. The first kappa shape index (κ1) is 18.9. The van der Waals surface area contributed by atoms with Gasteiger partial charge in [-0.25, -0.2) is 0 Å². The Morgan fingerprint density at radius 1 is 1.41 bits per heavy atom. The molecular weight excluding hydrogens is 342 g/mol. The maximum absolute atomic E-state index is 12.3. The standard InChI is InChI=1S/C20H25N5O2/c1-15(22-13-20(26)25-10-3-4-17(25)12-21)14-24-11-9-19(23-24)16-5-7-18(27-2)8-6-16/h5-9,11,15,17,22H,3-4,10,13-14H2,1-2H3/t15-,17-/m0/s1. The predicted octanol–water partition coefficient (Wildman–Crippen LogP) is 2.05. The van der Waals surface area contributed by atoms with Crippen molar-refractivity contribution in [2.75, 3.05) is 20.2 Å². The van der Waals surface area contributed by atoms with Gasteiger partial charge in [-0.3, -0.25) is 9.48 Å². The number of hydrogen-bond acceptors (Lipinski definition) is 5.